The van der Waals surface area contributed by atoms with Gasteiger partial charge in [0.15, 0.2) is 0 Å². The van der Waals surface area contributed by atoms with Gasteiger partial charge in [-0.15, -0.1) is 5.10 Å². The molecule has 5 heteroatoms. The second kappa shape index (κ2) is 5.73. The van der Waals surface area contributed by atoms with Crippen LogP contribution in [0.5, 0.6) is 0 Å². The van der Waals surface area contributed by atoms with Crippen molar-refractivity contribution in [3.8, 4) is 5.69 Å². The quantitative estimate of drug-likeness (QED) is 0.825. The first-order chi connectivity index (χ1) is 8.70. The molecule has 0 aliphatic heterocycles. The number of rotatable bonds is 5. The minimum atomic E-state index is -0.235. The van der Waals surface area contributed by atoms with E-state index in [-0.39, 0.29) is 5.82 Å². The monoisotopic (exact) mass is 248 g/mol. The lowest BCUT2D eigenvalue weighted by atomic mass is 10.2. The van der Waals surface area contributed by atoms with Crippen LogP contribution in [0.2, 0.25) is 0 Å². The van der Waals surface area contributed by atoms with E-state index in [0.29, 0.717) is 6.54 Å². The molecule has 4 nitrogen and oxygen atoms in total. The van der Waals surface area contributed by atoms with E-state index in [0.717, 1.165) is 29.9 Å². The standard InChI is InChI=1S/C13H17FN4/c1-3-6-15-8-12-9-18(17-16-12)13-5-4-11(14)7-10(13)2/h4-5,7,9,15H,3,6,8H2,1-2H3. The van der Waals surface area contributed by atoms with Crippen molar-refractivity contribution in [3.05, 3.63) is 41.5 Å². The zero-order valence-electron chi connectivity index (χ0n) is 10.7. The third kappa shape index (κ3) is 2.92. The molecule has 0 saturated heterocycles. The van der Waals surface area contributed by atoms with Crippen LogP contribution >= 0.6 is 0 Å². The zero-order chi connectivity index (χ0) is 13.0. The molecule has 2 rings (SSSR count). The Morgan fingerprint density at radius 1 is 1.39 bits per heavy atom. The predicted molar refractivity (Wildman–Crippen MR) is 68.1 cm³/mol. The summed E-state index contributed by atoms with van der Waals surface area (Å²) in [6.07, 6.45) is 2.95. The molecule has 0 aliphatic carbocycles. The van der Waals surface area contributed by atoms with Crippen molar-refractivity contribution in [3.63, 3.8) is 0 Å². The second-order valence-electron chi connectivity index (χ2n) is 4.26. The zero-order valence-corrected chi connectivity index (χ0v) is 10.7. The van der Waals surface area contributed by atoms with Crippen molar-refractivity contribution in [1.82, 2.24) is 20.3 Å². The smallest absolute Gasteiger partial charge is 0.123 e. The largest absolute Gasteiger partial charge is 0.311 e. The van der Waals surface area contributed by atoms with Gasteiger partial charge in [0.25, 0.3) is 0 Å². The highest BCUT2D eigenvalue weighted by molar-refractivity contribution is 5.39. The first-order valence-corrected chi connectivity index (χ1v) is 6.09. The third-order valence-electron chi connectivity index (χ3n) is 2.68. The Hall–Kier alpha value is -1.75. The van der Waals surface area contributed by atoms with E-state index in [4.69, 9.17) is 0 Å². The molecule has 0 atom stereocenters. The number of benzene rings is 1. The van der Waals surface area contributed by atoms with Crippen molar-refractivity contribution < 1.29 is 4.39 Å². The number of hydrogen-bond acceptors (Lipinski definition) is 3. The highest BCUT2D eigenvalue weighted by atomic mass is 19.1. The fourth-order valence-corrected chi connectivity index (χ4v) is 1.77. The fraction of sp³-hybridized carbons (Fsp3) is 0.385. The lowest BCUT2D eigenvalue weighted by Gasteiger charge is -2.04. The Bertz CT molecular complexity index is 521. The maximum absolute atomic E-state index is 13.0. The molecule has 1 N–H and O–H groups in total. The molecular formula is C13H17FN4. The summed E-state index contributed by atoms with van der Waals surface area (Å²) in [5.41, 5.74) is 2.57. The van der Waals surface area contributed by atoms with Crippen LogP contribution in [0.3, 0.4) is 0 Å². The van der Waals surface area contributed by atoms with Crippen LogP contribution in [0.4, 0.5) is 4.39 Å². The summed E-state index contributed by atoms with van der Waals surface area (Å²) in [6, 6.07) is 4.63. The van der Waals surface area contributed by atoms with Gasteiger partial charge in [-0.2, -0.15) is 0 Å². The number of hydrogen-bond donors (Lipinski definition) is 1. The van der Waals surface area contributed by atoms with Crippen LogP contribution in [-0.2, 0) is 6.54 Å². The first kappa shape index (κ1) is 12.7. The minimum absolute atomic E-state index is 0.235. The van der Waals surface area contributed by atoms with Crippen molar-refractivity contribution in [1.29, 1.82) is 0 Å². The molecule has 2 aromatic rings. The molecule has 1 aromatic carbocycles. The number of nitrogens with one attached hydrogen (secondary N) is 1. The Morgan fingerprint density at radius 3 is 2.94 bits per heavy atom. The third-order valence-corrected chi connectivity index (χ3v) is 2.68. The predicted octanol–water partition coefficient (Wildman–Crippen LogP) is 2.21. The number of aryl methyl sites for hydroxylation is 1. The summed E-state index contributed by atoms with van der Waals surface area (Å²) in [5, 5.41) is 11.4. The Morgan fingerprint density at radius 2 is 2.22 bits per heavy atom. The van der Waals surface area contributed by atoms with Crippen molar-refractivity contribution in [2.75, 3.05) is 6.54 Å². The Labute approximate surface area is 106 Å². The van der Waals surface area contributed by atoms with Crippen molar-refractivity contribution >= 4 is 0 Å². The molecule has 0 fully saturated rings. The van der Waals surface area contributed by atoms with Gasteiger partial charge in [-0.25, -0.2) is 9.07 Å². The lowest BCUT2D eigenvalue weighted by molar-refractivity contribution is 0.625. The fourth-order valence-electron chi connectivity index (χ4n) is 1.77. The average Bonchev–Trinajstić information content (AvgIpc) is 2.78. The van der Waals surface area contributed by atoms with E-state index in [1.807, 2.05) is 13.1 Å². The summed E-state index contributed by atoms with van der Waals surface area (Å²) in [4.78, 5) is 0. The van der Waals surface area contributed by atoms with Gasteiger partial charge in [-0.1, -0.05) is 12.1 Å². The van der Waals surface area contributed by atoms with Crippen molar-refractivity contribution in [2.24, 2.45) is 0 Å². The molecule has 0 bridgehead atoms. The molecule has 0 radical (unpaired) electrons. The summed E-state index contributed by atoms with van der Waals surface area (Å²) >= 11 is 0. The molecule has 0 aliphatic rings. The minimum Gasteiger partial charge on any atom is -0.311 e. The molecule has 0 amide bonds. The van der Waals surface area contributed by atoms with Gasteiger partial charge in [0.1, 0.15) is 5.82 Å². The van der Waals surface area contributed by atoms with Crippen LogP contribution in [0.25, 0.3) is 5.69 Å². The van der Waals surface area contributed by atoms with Crippen LogP contribution in [0.15, 0.2) is 24.4 Å². The molecular weight excluding hydrogens is 231 g/mol. The van der Waals surface area contributed by atoms with E-state index in [9.17, 15) is 4.39 Å². The Balaban J connectivity index is 2.13. The van der Waals surface area contributed by atoms with Gasteiger partial charge < -0.3 is 5.32 Å². The van der Waals surface area contributed by atoms with E-state index in [1.165, 1.54) is 12.1 Å². The summed E-state index contributed by atoms with van der Waals surface area (Å²) in [5.74, 6) is -0.235. The second-order valence-corrected chi connectivity index (χ2v) is 4.26. The van der Waals surface area contributed by atoms with E-state index < -0.39 is 0 Å². The van der Waals surface area contributed by atoms with Crippen LogP contribution in [0, 0.1) is 12.7 Å². The molecule has 0 saturated carbocycles. The maximum atomic E-state index is 13.0. The number of nitrogens with zero attached hydrogens (tertiary/aromatic N) is 3. The first-order valence-electron chi connectivity index (χ1n) is 6.09. The van der Waals surface area contributed by atoms with Gasteiger partial charge in [-0.05, 0) is 43.7 Å². The topological polar surface area (TPSA) is 42.7 Å². The molecule has 96 valence electrons. The SMILES string of the molecule is CCCNCc1cn(-c2ccc(F)cc2C)nn1. The van der Waals surface area contributed by atoms with Gasteiger partial charge in [0, 0.05) is 6.54 Å². The average molecular weight is 248 g/mol. The molecule has 18 heavy (non-hydrogen) atoms. The highest BCUT2D eigenvalue weighted by Gasteiger charge is 2.05. The van der Waals surface area contributed by atoms with E-state index in [1.54, 1.807) is 10.7 Å². The van der Waals surface area contributed by atoms with Gasteiger partial charge in [0.2, 0.25) is 0 Å². The van der Waals surface area contributed by atoms with E-state index >= 15 is 0 Å². The number of halogens is 1. The van der Waals surface area contributed by atoms with Crippen LogP contribution in [-0.4, -0.2) is 21.5 Å². The molecule has 0 unspecified atom stereocenters. The summed E-state index contributed by atoms with van der Waals surface area (Å²) in [6.45, 7) is 5.64. The Kier molecular flexibility index (Phi) is 4.04. The molecule has 1 aromatic heterocycles. The molecule has 1 heterocycles. The lowest BCUT2D eigenvalue weighted by Crippen LogP contribution is -2.13. The van der Waals surface area contributed by atoms with Crippen molar-refractivity contribution in [2.45, 2.75) is 26.8 Å². The highest BCUT2D eigenvalue weighted by Crippen LogP contribution is 2.14. The normalized spacial score (nSPS) is 10.8. The van der Waals surface area contributed by atoms with Gasteiger partial charge in [0.05, 0.1) is 17.6 Å². The summed E-state index contributed by atoms with van der Waals surface area (Å²) < 4.78 is 14.7. The molecule has 0 spiro atoms. The van der Waals surface area contributed by atoms with E-state index in [2.05, 4.69) is 22.6 Å². The van der Waals surface area contributed by atoms with Gasteiger partial charge >= 0.3 is 0 Å². The van der Waals surface area contributed by atoms with Crippen LogP contribution < -0.4 is 5.32 Å². The maximum Gasteiger partial charge on any atom is 0.123 e. The van der Waals surface area contributed by atoms with Gasteiger partial charge in [-0.3, -0.25) is 0 Å². The van der Waals surface area contributed by atoms with Crippen LogP contribution in [0.1, 0.15) is 24.6 Å². The summed E-state index contributed by atoms with van der Waals surface area (Å²) in [7, 11) is 0. The number of aromatic nitrogens is 3.